The van der Waals surface area contributed by atoms with Crippen LogP contribution in [0.1, 0.15) is 10.4 Å². The number of methoxy groups -OCH3 is 2. The van der Waals surface area contributed by atoms with Crippen molar-refractivity contribution in [3.05, 3.63) is 82.4 Å². The first-order valence-electron chi connectivity index (χ1n) is 9.70. The molecule has 0 aromatic heterocycles. The molecule has 33 heavy (non-hydrogen) atoms. The van der Waals surface area contributed by atoms with Crippen LogP contribution in [0.2, 0.25) is 0 Å². The summed E-state index contributed by atoms with van der Waals surface area (Å²) in [4.78, 5) is 36.0. The monoisotopic (exact) mass is 467 g/mol. The Kier molecular flexibility index (Phi) is 7.87. The summed E-state index contributed by atoms with van der Waals surface area (Å²) in [6.45, 7) is 0. The average Bonchev–Trinajstić information content (AvgIpc) is 2.83. The first-order chi connectivity index (χ1) is 15.9. The third-order valence-electron chi connectivity index (χ3n) is 4.46. The lowest BCUT2D eigenvalue weighted by molar-refractivity contribution is -0.384. The van der Waals surface area contributed by atoms with E-state index >= 15 is 0 Å². The van der Waals surface area contributed by atoms with Gasteiger partial charge >= 0.3 is 0 Å². The number of carbonyl (C=O) groups excluding carboxylic acids is 2. The second-order valence-electron chi connectivity index (χ2n) is 6.69. The maximum absolute atomic E-state index is 12.5. The Balaban J connectivity index is 1.61. The number of thioether (sulfide) groups is 1. The van der Waals surface area contributed by atoms with Gasteiger partial charge < -0.3 is 20.1 Å². The van der Waals surface area contributed by atoms with Crippen molar-refractivity contribution in [2.75, 3.05) is 30.6 Å². The van der Waals surface area contributed by atoms with E-state index in [4.69, 9.17) is 9.47 Å². The van der Waals surface area contributed by atoms with Gasteiger partial charge in [0.05, 0.1) is 30.6 Å². The number of rotatable bonds is 9. The summed E-state index contributed by atoms with van der Waals surface area (Å²) >= 11 is 1.29. The van der Waals surface area contributed by atoms with E-state index in [1.807, 2.05) is 6.07 Å². The zero-order valence-corrected chi connectivity index (χ0v) is 18.7. The van der Waals surface area contributed by atoms with Gasteiger partial charge in [0.2, 0.25) is 5.91 Å². The van der Waals surface area contributed by atoms with E-state index in [0.29, 0.717) is 22.9 Å². The highest BCUT2D eigenvalue weighted by Gasteiger charge is 2.13. The normalized spacial score (nSPS) is 10.2. The molecule has 0 bridgehead atoms. The molecular formula is C23H21N3O6S. The highest BCUT2D eigenvalue weighted by molar-refractivity contribution is 8.00. The van der Waals surface area contributed by atoms with Gasteiger partial charge in [-0.3, -0.25) is 19.7 Å². The van der Waals surface area contributed by atoms with E-state index < -0.39 is 10.8 Å². The number of amides is 2. The first kappa shape index (κ1) is 23.6. The smallest absolute Gasteiger partial charge is 0.270 e. The summed E-state index contributed by atoms with van der Waals surface area (Å²) in [5.41, 5.74) is 1.02. The molecule has 3 rings (SSSR count). The standard InChI is InChI=1S/C23H21N3O6S/c1-31-18-9-10-21(32-2)20(13-18)25-22(27)14-33-19-8-4-6-16(12-19)24-23(28)15-5-3-7-17(11-15)26(29)30/h3-13H,14H2,1-2H3,(H,24,28)(H,25,27). The van der Waals surface area contributed by atoms with Crippen LogP contribution in [0.5, 0.6) is 11.5 Å². The van der Waals surface area contributed by atoms with Crippen molar-refractivity contribution >= 4 is 40.6 Å². The minimum atomic E-state index is -0.555. The number of carbonyl (C=O) groups is 2. The molecular weight excluding hydrogens is 446 g/mol. The van der Waals surface area contributed by atoms with E-state index in [2.05, 4.69) is 10.6 Å². The summed E-state index contributed by atoms with van der Waals surface area (Å²) in [6, 6.07) is 17.6. The Morgan fingerprint density at radius 2 is 1.76 bits per heavy atom. The molecule has 0 saturated carbocycles. The van der Waals surface area contributed by atoms with Gasteiger partial charge in [0.1, 0.15) is 11.5 Å². The molecule has 0 aliphatic rings. The van der Waals surface area contributed by atoms with Crippen molar-refractivity contribution in [1.82, 2.24) is 0 Å². The minimum absolute atomic E-state index is 0.128. The Bertz CT molecular complexity index is 1180. The fraction of sp³-hybridized carbons (Fsp3) is 0.130. The average molecular weight is 468 g/mol. The second kappa shape index (κ2) is 11.0. The van der Waals surface area contributed by atoms with Crippen molar-refractivity contribution < 1.29 is 24.0 Å². The Morgan fingerprint density at radius 1 is 0.970 bits per heavy atom. The summed E-state index contributed by atoms with van der Waals surface area (Å²) in [6.07, 6.45) is 0. The maximum atomic E-state index is 12.5. The molecule has 0 unspecified atom stereocenters. The topological polar surface area (TPSA) is 120 Å². The van der Waals surface area contributed by atoms with Crippen molar-refractivity contribution in [3.8, 4) is 11.5 Å². The zero-order valence-electron chi connectivity index (χ0n) is 17.9. The third-order valence-corrected chi connectivity index (χ3v) is 5.46. The van der Waals surface area contributed by atoms with E-state index in [1.54, 1.807) is 36.4 Å². The molecule has 0 spiro atoms. The summed E-state index contributed by atoms with van der Waals surface area (Å²) in [5.74, 6) is 0.523. The number of nitro benzene ring substituents is 1. The van der Waals surface area contributed by atoms with Crippen molar-refractivity contribution in [3.63, 3.8) is 0 Å². The maximum Gasteiger partial charge on any atom is 0.270 e. The molecule has 0 fully saturated rings. The zero-order chi connectivity index (χ0) is 23.8. The fourth-order valence-corrected chi connectivity index (χ4v) is 3.63. The molecule has 0 heterocycles. The molecule has 0 aliphatic heterocycles. The summed E-state index contributed by atoms with van der Waals surface area (Å²) in [5, 5.41) is 16.4. The van der Waals surface area contributed by atoms with Crippen LogP contribution in [-0.2, 0) is 4.79 Å². The predicted molar refractivity (Wildman–Crippen MR) is 126 cm³/mol. The van der Waals surface area contributed by atoms with Crippen molar-refractivity contribution in [2.24, 2.45) is 0 Å². The van der Waals surface area contributed by atoms with E-state index in [-0.39, 0.29) is 22.9 Å². The minimum Gasteiger partial charge on any atom is -0.497 e. The van der Waals surface area contributed by atoms with Gasteiger partial charge in [-0.05, 0) is 36.4 Å². The number of nitro groups is 1. The number of anilines is 2. The number of ether oxygens (including phenoxy) is 2. The van der Waals surface area contributed by atoms with Crippen LogP contribution in [0.15, 0.2) is 71.6 Å². The van der Waals surface area contributed by atoms with Crippen LogP contribution in [0.3, 0.4) is 0 Å². The van der Waals surface area contributed by atoms with Crippen LogP contribution >= 0.6 is 11.8 Å². The number of nitrogens with zero attached hydrogens (tertiary/aromatic N) is 1. The Hall–Kier alpha value is -4.05. The molecule has 3 aromatic rings. The van der Waals surface area contributed by atoms with Crippen molar-refractivity contribution in [2.45, 2.75) is 4.90 Å². The number of non-ortho nitro benzene ring substituents is 1. The molecule has 9 nitrogen and oxygen atoms in total. The largest absolute Gasteiger partial charge is 0.497 e. The second-order valence-corrected chi connectivity index (χ2v) is 7.74. The molecule has 3 aromatic carbocycles. The van der Waals surface area contributed by atoms with E-state index in [1.165, 1.54) is 50.2 Å². The molecule has 2 N–H and O–H groups in total. The lowest BCUT2D eigenvalue weighted by atomic mass is 10.2. The molecule has 2 amide bonds. The molecule has 0 atom stereocenters. The SMILES string of the molecule is COc1ccc(OC)c(NC(=O)CSc2cccc(NC(=O)c3cccc([N+](=O)[O-])c3)c2)c1. The highest BCUT2D eigenvalue weighted by atomic mass is 32.2. The van der Waals surface area contributed by atoms with Gasteiger partial charge in [-0.2, -0.15) is 0 Å². The van der Waals surface area contributed by atoms with Gasteiger partial charge in [-0.1, -0.05) is 12.1 Å². The lowest BCUT2D eigenvalue weighted by Gasteiger charge is -2.12. The van der Waals surface area contributed by atoms with Crippen LogP contribution in [0.25, 0.3) is 0 Å². The van der Waals surface area contributed by atoms with Crippen LogP contribution in [0, 0.1) is 10.1 Å². The van der Waals surface area contributed by atoms with E-state index in [0.717, 1.165) is 4.90 Å². The van der Waals surface area contributed by atoms with Gasteiger partial charge in [-0.15, -0.1) is 11.8 Å². The molecule has 10 heteroatoms. The Labute approximate surface area is 194 Å². The number of nitrogens with one attached hydrogen (secondary N) is 2. The van der Waals surface area contributed by atoms with Crippen LogP contribution in [-0.4, -0.2) is 36.7 Å². The van der Waals surface area contributed by atoms with E-state index in [9.17, 15) is 19.7 Å². The number of benzene rings is 3. The van der Waals surface area contributed by atoms with Gasteiger partial charge in [0.15, 0.2) is 0 Å². The fourth-order valence-electron chi connectivity index (χ4n) is 2.87. The number of hydrogen-bond acceptors (Lipinski definition) is 7. The van der Waals surface area contributed by atoms with Crippen LogP contribution in [0.4, 0.5) is 17.1 Å². The van der Waals surface area contributed by atoms with Gasteiger partial charge in [0.25, 0.3) is 11.6 Å². The quantitative estimate of drug-likeness (QED) is 0.268. The molecule has 170 valence electrons. The van der Waals surface area contributed by atoms with Crippen molar-refractivity contribution in [1.29, 1.82) is 0 Å². The summed E-state index contributed by atoms with van der Waals surface area (Å²) in [7, 11) is 3.05. The lowest BCUT2D eigenvalue weighted by Crippen LogP contribution is -2.15. The first-order valence-corrected chi connectivity index (χ1v) is 10.7. The highest BCUT2D eigenvalue weighted by Crippen LogP contribution is 2.29. The number of hydrogen-bond donors (Lipinski definition) is 2. The predicted octanol–water partition coefficient (Wildman–Crippen LogP) is 4.60. The Morgan fingerprint density at radius 3 is 2.48 bits per heavy atom. The third kappa shape index (κ3) is 6.47. The molecule has 0 saturated heterocycles. The van der Waals surface area contributed by atoms with Crippen LogP contribution < -0.4 is 20.1 Å². The van der Waals surface area contributed by atoms with Gasteiger partial charge in [0, 0.05) is 34.3 Å². The van der Waals surface area contributed by atoms with Gasteiger partial charge in [-0.25, -0.2) is 0 Å². The summed E-state index contributed by atoms with van der Waals surface area (Å²) < 4.78 is 10.4. The molecule has 0 radical (unpaired) electrons. The molecule has 0 aliphatic carbocycles.